The van der Waals surface area contributed by atoms with Gasteiger partial charge in [-0.2, -0.15) is 0 Å². The van der Waals surface area contributed by atoms with Crippen LogP contribution in [0, 0.1) is 0 Å². The summed E-state index contributed by atoms with van der Waals surface area (Å²) in [5, 5.41) is 2.75. The van der Waals surface area contributed by atoms with Gasteiger partial charge in [0.2, 0.25) is 0 Å². The summed E-state index contributed by atoms with van der Waals surface area (Å²) in [5.41, 5.74) is 8.26. The molecule has 0 aliphatic heterocycles. The molecule has 2 N–H and O–H groups in total. The van der Waals surface area contributed by atoms with Gasteiger partial charge in [-0.1, -0.05) is 29.8 Å². The summed E-state index contributed by atoms with van der Waals surface area (Å²) in [6.45, 7) is 0. The highest BCUT2D eigenvalue weighted by Gasteiger charge is 2.14. The van der Waals surface area contributed by atoms with Gasteiger partial charge in [0.15, 0.2) is 0 Å². The number of nitrogens with two attached hydrogens (primary N) is 1. The minimum absolute atomic E-state index is 0.276. The van der Waals surface area contributed by atoms with Crippen molar-refractivity contribution in [3.05, 3.63) is 71.3 Å². The van der Waals surface area contributed by atoms with Crippen LogP contribution in [0.4, 0.5) is 0 Å². The molecule has 0 amide bonds. The Balaban J connectivity index is 2.17. The molecule has 0 bridgehead atoms. The molecule has 3 aromatic rings. The highest BCUT2D eigenvalue weighted by molar-refractivity contribution is 6.31. The second kappa shape index (κ2) is 4.96. The first-order valence-corrected chi connectivity index (χ1v) is 6.33. The van der Waals surface area contributed by atoms with Gasteiger partial charge in [0.25, 0.3) is 0 Å². The van der Waals surface area contributed by atoms with Crippen LogP contribution in [-0.4, -0.2) is 9.97 Å². The van der Waals surface area contributed by atoms with E-state index in [-0.39, 0.29) is 6.04 Å². The highest BCUT2D eigenvalue weighted by atomic mass is 35.5. The number of benzene rings is 1. The van der Waals surface area contributed by atoms with E-state index in [1.165, 1.54) is 0 Å². The van der Waals surface area contributed by atoms with Crippen LogP contribution in [0.5, 0.6) is 0 Å². The number of aromatic nitrogens is 2. The smallest absolute Gasteiger partial charge is 0.0640 e. The van der Waals surface area contributed by atoms with Crippen LogP contribution in [-0.2, 0) is 0 Å². The van der Waals surface area contributed by atoms with E-state index >= 15 is 0 Å². The first kappa shape index (κ1) is 12.1. The first-order chi connectivity index (χ1) is 9.27. The fraction of sp³-hybridized carbons (Fsp3) is 0.0667. The molecule has 2 heterocycles. The third kappa shape index (κ3) is 2.18. The molecule has 1 aromatic carbocycles. The number of fused-ring (bicyclic) bond motifs is 1. The number of nitrogens with zero attached hydrogens (tertiary/aromatic N) is 2. The van der Waals surface area contributed by atoms with Gasteiger partial charge < -0.3 is 5.73 Å². The lowest BCUT2D eigenvalue weighted by Crippen LogP contribution is -2.13. The molecule has 94 valence electrons. The van der Waals surface area contributed by atoms with Crippen molar-refractivity contribution < 1.29 is 0 Å². The lowest BCUT2D eigenvalue weighted by Gasteiger charge is -2.16. The van der Waals surface area contributed by atoms with Crippen molar-refractivity contribution in [3.8, 4) is 0 Å². The Hall–Kier alpha value is -1.97. The molecular weight excluding hydrogens is 258 g/mol. The Kier molecular flexibility index (Phi) is 3.15. The van der Waals surface area contributed by atoms with E-state index in [0.29, 0.717) is 5.02 Å². The van der Waals surface area contributed by atoms with Gasteiger partial charge in [-0.3, -0.25) is 9.97 Å². The van der Waals surface area contributed by atoms with Gasteiger partial charge in [-0.25, -0.2) is 0 Å². The predicted octanol–water partition coefficient (Wildman–Crippen LogP) is 3.33. The van der Waals surface area contributed by atoms with Crippen molar-refractivity contribution in [2.45, 2.75) is 6.04 Å². The molecule has 19 heavy (non-hydrogen) atoms. The van der Waals surface area contributed by atoms with Crippen LogP contribution in [0.2, 0.25) is 5.02 Å². The van der Waals surface area contributed by atoms with E-state index in [9.17, 15) is 0 Å². The summed E-state index contributed by atoms with van der Waals surface area (Å²) in [7, 11) is 0. The van der Waals surface area contributed by atoms with Crippen LogP contribution in [0.15, 0.2) is 55.1 Å². The number of hydrogen-bond donors (Lipinski definition) is 1. The molecule has 1 unspecified atom stereocenters. The van der Waals surface area contributed by atoms with Gasteiger partial charge in [-0.05, 0) is 28.6 Å². The topological polar surface area (TPSA) is 51.8 Å². The van der Waals surface area contributed by atoms with Crippen LogP contribution >= 0.6 is 11.6 Å². The van der Waals surface area contributed by atoms with Crippen molar-refractivity contribution in [2.75, 3.05) is 0 Å². The van der Waals surface area contributed by atoms with E-state index in [4.69, 9.17) is 17.3 Å². The number of halogens is 1. The summed E-state index contributed by atoms with van der Waals surface area (Å²) in [6.07, 6.45) is 6.92. The van der Waals surface area contributed by atoms with Crippen molar-refractivity contribution in [3.63, 3.8) is 0 Å². The fourth-order valence-corrected chi connectivity index (χ4v) is 2.46. The molecule has 3 nitrogen and oxygen atoms in total. The van der Waals surface area contributed by atoms with Gasteiger partial charge in [0.05, 0.1) is 11.1 Å². The Bertz CT molecular complexity index is 722. The zero-order chi connectivity index (χ0) is 13.2. The van der Waals surface area contributed by atoms with Crippen molar-refractivity contribution in [1.29, 1.82) is 0 Å². The zero-order valence-corrected chi connectivity index (χ0v) is 10.9. The molecule has 0 fully saturated rings. The van der Waals surface area contributed by atoms with E-state index in [1.807, 2.05) is 36.5 Å². The maximum atomic E-state index is 6.35. The minimum Gasteiger partial charge on any atom is -0.320 e. The maximum absolute atomic E-state index is 6.35. The molecule has 0 spiro atoms. The van der Waals surface area contributed by atoms with E-state index in [1.54, 1.807) is 18.6 Å². The standard InChI is InChI=1S/C15H12ClN3/c16-14-9-19-7-5-13(14)15(17)12-3-1-2-10-8-18-6-4-11(10)12/h1-9,15H,17H2. The Morgan fingerprint density at radius 1 is 0.947 bits per heavy atom. The summed E-state index contributed by atoms with van der Waals surface area (Å²) in [6, 6.07) is 9.57. The Morgan fingerprint density at radius 3 is 2.58 bits per heavy atom. The van der Waals surface area contributed by atoms with E-state index in [0.717, 1.165) is 21.9 Å². The number of pyridine rings is 2. The molecular formula is C15H12ClN3. The van der Waals surface area contributed by atoms with Crippen LogP contribution in [0.1, 0.15) is 17.2 Å². The Morgan fingerprint density at radius 2 is 1.74 bits per heavy atom. The lowest BCUT2D eigenvalue weighted by atomic mass is 9.96. The van der Waals surface area contributed by atoms with Crippen LogP contribution in [0.3, 0.4) is 0 Å². The molecule has 2 aromatic heterocycles. The zero-order valence-electron chi connectivity index (χ0n) is 10.1. The fourth-order valence-electron chi connectivity index (χ4n) is 2.22. The highest BCUT2D eigenvalue weighted by Crippen LogP contribution is 2.29. The summed E-state index contributed by atoms with van der Waals surface area (Å²) >= 11 is 6.17. The number of hydrogen-bond acceptors (Lipinski definition) is 3. The molecule has 1 atom stereocenters. The summed E-state index contributed by atoms with van der Waals surface area (Å²) in [5.74, 6) is 0. The monoisotopic (exact) mass is 269 g/mol. The minimum atomic E-state index is -0.276. The average Bonchev–Trinajstić information content (AvgIpc) is 2.46. The van der Waals surface area contributed by atoms with E-state index < -0.39 is 0 Å². The van der Waals surface area contributed by atoms with Crippen molar-refractivity contribution in [2.24, 2.45) is 5.73 Å². The van der Waals surface area contributed by atoms with Gasteiger partial charge in [0, 0.05) is 30.2 Å². The lowest BCUT2D eigenvalue weighted by molar-refractivity contribution is 0.877. The first-order valence-electron chi connectivity index (χ1n) is 5.95. The Labute approximate surface area is 116 Å². The van der Waals surface area contributed by atoms with Crippen LogP contribution < -0.4 is 5.73 Å². The molecule has 0 saturated carbocycles. The molecule has 0 saturated heterocycles. The van der Waals surface area contributed by atoms with Gasteiger partial charge >= 0.3 is 0 Å². The number of rotatable bonds is 2. The molecule has 0 radical (unpaired) electrons. The normalized spacial score (nSPS) is 12.5. The maximum Gasteiger partial charge on any atom is 0.0640 e. The van der Waals surface area contributed by atoms with Gasteiger partial charge in [-0.15, -0.1) is 0 Å². The largest absolute Gasteiger partial charge is 0.320 e. The predicted molar refractivity (Wildman–Crippen MR) is 77.0 cm³/mol. The van der Waals surface area contributed by atoms with Crippen molar-refractivity contribution in [1.82, 2.24) is 9.97 Å². The molecule has 4 heteroatoms. The third-order valence-corrected chi connectivity index (χ3v) is 3.50. The molecule has 0 aliphatic rings. The quantitative estimate of drug-likeness (QED) is 0.776. The van der Waals surface area contributed by atoms with Gasteiger partial charge in [0.1, 0.15) is 0 Å². The molecule has 0 aliphatic carbocycles. The third-order valence-electron chi connectivity index (χ3n) is 3.19. The van der Waals surface area contributed by atoms with Crippen molar-refractivity contribution >= 4 is 22.4 Å². The second-order valence-corrected chi connectivity index (χ2v) is 4.73. The molecule has 3 rings (SSSR count). The van der Waals surface area contributed by atoms with Crippen LogP contribution in [0.25, 0.3) is 10.8 Å². The summed E-state index contributed by atoms with van der Waals surface area (Å²) in [4.78, 5) is 8.11. The summed E-state index contributed by atoms with van der Waals surface area (Å²) < 4.78 is 0. The average molecular weight is 270 g/mol. The second-order valence-electron chi connectivity index (χ2n) is 4.32. The van der Waals surface area contributed by atoms with E-state index in [2.05, 4.69) is 9.97 Å². The SMILES string of the molecule is NC(c1ccncc1Cl)c1cccc2cnccc12.